The Hall–Kier alpha value is -3.61. The van der Waals surface area contributed by atoms with Crippen molar-refractivity contribution in [3.05, 3.63) is 80.6 Å². The first-order valence-corrected chi connectivity index (χ1v) is 12.0. The molecular weight excluding hydrogens is 529 g/mol. The van der Waals surface area contributed by atoms with Crippen molar-refractivity contribution in [3.8, 4) is 5.75 Å². The molecule has 1 unspecified atom stereocenters. The Labute approximate surface area is 220 Å². The Kier molecular flexibility index (Phi) is 9.28. The Morgan fingerprint density at radius 1 is 1.31 bits per heavy atom. The summed E-state index contributed by atoms with van der Waals surface area (Å²) in [5.41, 5.74) is 2.62. The molecule has 0 spiro atoms. The fraction of sp³-hybridized carbons (Fsp3) is 0.182. The van der Waals surface area contributed by atoms with E-state index in [2.05, 4.69) is 32.6 Å². The van der Waals surface area contributed by atoms with Crippen molar-refractivity contribution in [2.75, 3.05) is 5.32 Å². The van der Waals surface area contributed by atoms with Crippen LogP contribution in [-0.4, -0.2) is 42.2 Å². The lowest BCUT2D eigenvalue weighted by molar-refractivity contribution is -0.385. The van der Waals surface area contributed by atoms with Crippen LogP contribution in [0.5, 0.6) is 5.75 Å². The first kappa shape index (κ1) is 27.0. The molecule has 1 amide bonds. The van der Waals surface area contributed by atoms with Crippen LogP contribution in [0.3, 0.4) is 0 Å². The number of amides is 1. The number of allylic oxidation sites excluding steroid dienone is 1. The molecule has 11 nitrogen and oxygen atoms in total. The maximum atomic E-state index is 12.5. The standard InChI is InChI=1S/C22H21Cl2N7O4S/c1-3-8-30-19(12-25-17-6-4-15(23)5-7-17)27-29-22(30)36-13(2)21(33)28-26-11-14-9-16(24)10-18(20(14)32)31(34)35/h3-7,9-11,13,25,32H,1,8,12H2,2H3,(H,28,33)/b26-11+. The van der Waals surface area contributed by atoms with Crippen LogP contribution in [0.2, 0.25) is 10.0 Å². The van der Waals surface area contributed by atoms with Gasteiger partial charge in [0.25, 0.3) is 5.91 Å². The third-order valence-corrected chi connectivity index (χ3v) is 6.26. The van der Waals surface area contributed by atoms with Crippen molar-refractivity contribution in [1.29, 1.82) is 0 Å². The number of nitro groups is 1. The van der Waals surface area contributed by atoms with Crippen LogP contribution in [0.25, 0.3) is 0 Å². The molecule has 1 heterocycles. The average molecular weight is 550 g/mol. The highest BCUT2D eigenvalue weighted by Gasteiger charge is 2.20. The third kappa shape index (κ3) is 6.97. The maximum absolute atomic E-state index is 12.5. The van der Waals surface area contributed by atoms with Gasteiger partial charge in [0.05, 0.1) is 22.9 Å². The number of halogens is 2. The topological polar surface area (TPSA) is 148 Å². The molecule has 0 aliphatic heterocycles. The normalized spacial score (nSPS) is 11.9. The minimum atomic E-state index is -0.769. The molecule has 3 aromatic rings. The number of thioether (sulfide) groups is 1. The van der Waals surface area contributed by atoms with Crippen molar-refractivity contribution in [1.82, 2.24) is 20.2 Å². The number of hydrazone groups is 1. The van der Waals surface area contributed by atoms with E-state index in [1.54, 1.807) is 25.1 Å². The second-order valence-electron chi connectivity index (χ2n) is 7.27. The third-order valence-electron chi connectivity index (χ3n) is 4.71. The highest BCUT2D eigenvalue weighted by molar-refractivity contribution is 8.00. The van der Waals surface area contributed by atoms with Crippen molar-refractivity contribution in [3.63, 3.8) is 0 Å². The van der Waals surface area contributed by atoms with E-state index in [9.17, 15) is 20.0 Å². The summed E-state index contributed by atoms with van der Waals surface area (Å²) in [7, 11) is 0. The van der Waals surface area contributed by atoms with Gasteiger partial charge in [-0.2, -0.15) is 5.10 Å². The zero-order valence-electron chi connectivity index (χ0n) is 18.9. The van der Waals surface area contributed by atoms with Gasteiger partial charge in [0.1, 0.15) is 0 Å². The van der Waals surface area contributed by atoms with Gasteiger partial charge in [0, 0.05) is 33.9 Å². The van der Waals surface area contributed by atoms with Gasteiger partial charge in [-0.25, -0.2) is 5.43 Å². The van der Waals surface area contributed by atoms with Crippen LogP contribution in [0, 0.1) is 10.1 Å². The molecule has 2 aromatic carbocycles. The quantitative estimate of drug-likeness (QED) is 0.103. The molecule has 14 heteroatoms. The van der Waals surface area contributed by atoms with Crippen molar-refractivity contribution in [2.24, 2.45) is 5.10 Å². The van der Waals surface area contributed by atoms with Gasteiger partial charge < -0.3 is 15.0 Å². The minimum Gasteiger partial charge on any atom is -0.502 e. The summed E-state index contributed by atoms with van der Waals surface area (Å²) < 4.78 is 1.83. The van der Waals surface area contributed by atoms with E-state index in [0.29, 0.717) is 29.1 Å². The van der Waals surface area contributed by atoms with Gasteiger partial charge in [-0.1, -0.05) is 41.0 Å². The molecule has 36 heavy (non-hydrogen) atoms. The minimum absolute atomic E-state index is 0.0154. The van der Waals surface area contributed by atoms with Crippen LogP contribution in [0.4, 0.5) is 11.4 Å². The summed E-state index contributed by atoms with van der Waals surface area (Å²) in [6.07, 6.45) is 2.77. The van der Waals surface area contributed by atoms with E-state index in [0.717, 1.165) is 18.0 Å². The Bertz CT molecular complexity index is 1300. The van der Waals surface area contributed by atoms with E-state index < -0.39 is 27.5 Å². The van der Waals surface area contributed by atoms with Crippen LogP contribution in [-0.2, 0) is 17.9 Å². The van der Waals surface area contributed by atoms with Crippen LogP contribution in [0.15, 0.2) is 59.3 Å². The van der Waals surface area contributed by atoms with Crippen LogP contribution >= 0.6 is 35.0 Å². The van der Waals surface area contributed by atoms with Gasteiger partial charge >= 0.3 is 5.69 Å². The molecule has 1 aromatic heterocycles. The summed E-state index contributed by atoms with van der Waals surface area (Å²) in [5, 5.41) is 37.0. The smallest absolute Gasteiger partial charge is 0.312 e. The van der Waals surface area contributed by atoms with E-state index in [1.807, 2.05) is 16.7 Å². The molecule has 0 radical (unpaired) electrons. The monoisotopic (exact) mass is 549 g/mol. The number of nitro benzene ring substituents is 1. The molecule has 0 saturated heterocycles. The highest BCUT2D eigenvalue weighted by atomic mass is 35.5. The highest BCUT2D eigenvalue weighted by Crippen LogP contribution is 2.32. The predicted molar refractivity (Wildman–Crippen MR) is 140 cm³/mol. The predicted octanol–water partition coefficient (Wildman–Crippen LogP) is 4.63. The molecule has 1 atom stereocenters. The molecular formula is C22H21Cl2N7O4S. The average Bonchev–Trinajstić information content (AvgIpc) is 3.21. The van der Waals surface area contributed by atoms with Gasteiger partial charge in [-0.3, -0.25) is 14.9 Å². The number of anilines is 1. The van der Waals surface area contributed by atoms with E-state index in [4.69, 9.17) is 23.2 Å². The summed E-state index contributed by atoms with van der Waals surface area (Å²) >= 11 is 12.9. The van der Waals surface area contributed by atoms with E-state index in [-0.39, 0.29) is 10.6 Å². The molecule has 3 N–H and O–H groups in total. The number of hydrogen-bond acceptors (Lipinski definition) is 9. The van der Waals surface area contributed by atoms with Gasteiger partial charge in [-0.05, 0) is 37.3 Å². The first-order valence-electron chi connectivity index (χ1n) is 10.4. The number of nitrogens with one attached hydrogen (secondary N) is 2. The largest absolute Gasteiger partial charge is 0.502 e. The second kappa shape index (κ2) is 12.4. The second-order valence-corrected chi connectivity index (χ2v) is 9.45. The van der Waals surface area contributed by atoms with E-state index >= 15 is 0 Å². The lowest BCUT2D eigenvalue weighted by atomic mass is 10.2. The van der Waals surface area contributed by atoms with Gasteiger partial charge in [-0.15, -0.1) is 16.8 Å². The molecule has 0 fully saturated rings. The number of benzene rings is 2. The number of nitrogens with zero attached hydrogens (tertiary/aromatic N) is 5. The van der Waals surface area contributed by atoms with Crippen molar-refractivity contribution >= 4 is 58.5 Å². The fourth-order valence-electron chi connectivity index (χ4n) is 2.91. The molecule has 0 aliphatic rings. The van der Waals surface area contributed by atoms with Crippen molar-refractivity contribution in [2.45, 2.75) is 30.4 Å². The molecule has 0 aliphatic carbocycles. The number of rotatable bonds is 11. The number of aromatic hydroxyl groups is 1. The fourth-order valence-corrected chi connectivity index (χ4v) is 4.13. The summed E-state index contributed by atoms with van der Waals surface area (Å²) in [6, 6.07) is 9.55. The number of hydrogen-bond donors (Lipinski definition) is 3. The number of carbonyl (C=O) groups excluding carboxylic acids is 1. The molecule has 0 saturated carbocycles. The Morgan fingerprint density at radius 2 is 2.03 bits per heavy atom. The van der Waals surface area contributed by atoms with Crippen LogP contribution < -0.4 is 10.7 Å². The lowest BCUT2D eigenvalue weighted by Gasteiger charge is -2.12. The lowest BCUT2D eigenvalue weighted by Crippen LogP contribution is -2.27. The van der Waals surface area contributed by atoms with Gasteiger partial charge in [0.15, 0.2) is 11.0 Å². The summed E-state index contributed by atoms with van der Waals surface area (Å²) in [6.45, 7) is 6.26. The summed E-state index contributed by atoms with van der Waals surface area (Å²) in [4.78, 5) is 22.8. The number of aromatic nitrogens is 3. The number of phenols is 1. The Balaban J connectivity index is 1.64. The van der Waals surface area contributed by atoms with Crippen molar-refractivity contribution < 1.29 is 14.8 Å². The zero-order valence-corrected chi connectivity index (χ0v) is 21.2. The molecule has 3 rings (SSSR count). The SMILES string of the molecule is C=CCn1c(CNc2ccc(Cl)cc2)nnc1SC(C)C(=O)N/N=C/c1cc(Cl)cc([N+](=O)[O-])c1O. The number of carbonyl (C=O) groups is 1. The maximum Gasteiger partial charge on any atom is 0.312 e. The Morgan fingerprint density at radius 3 is 2.69 bits per heavy atom. The number of phenolic OH excluding ortho intramolecular Hbond substituents is 1. The molecule has 188 valence electrons. The van der Waals surface area contributed by atoms with Gasteiger partial charge in [0.2, 0.25) is 5.75 Å². The van der Waals surface area contributed by atoms with E-state index in [1.165, 1.54) is 17.8 Å². The summed E-state index contributed by atoms with van der Waals surface area (Å²) in [5.74, 6) is -0.417. The first-order chi connectivity index (χ1) is 17.2. The molecule has 0 bridgehead atoms. The zero-order chi connectivity index (χ0) is 26.2. The van der Waals surface area contributed by atoms with Crippen LogP contribution in [0.1, 0.15) is 18.3 Å².